The van der Waals surface area contributed by atoms with Gasteiger partial charge in [-0.2, -0.15) is 23.7 Å². The molecule has 0 spiro atoms. The van der Waals surface area contributed by atoms with Crippen LogP contribution in [0.1, 0.15) is 0 Å². The Kier molecular flexibility index (Phi) is 4.08. The maximum absolute atomic E-state index is 11.7. The molecule has 9 heteroatoms. The molecule has 0 fully saturated rings. The fourth-order valence-corrected chi connectivity index (χ4v) is 0.984. The number of hydrogen-bond donors (Lipinski definition) is 1. The van der Waals surface area contributed by atoms with Crippen LogP contribution in [-0.4, -0.2) is 26.6 Å². The zero-order valence-corrected chi connectivity index (χ0v) is 8.23. The Bertz CT molecular complexity index is 296. The molecule has 0 aliphatic carbocycles. The van der Waals surface area contributed by atoms with Gasteiger partial charge in [-0.3, -0.25) is 0 Å². The number of nitrogen functional groups attached to an aromatic ring is 1. The van der Waals surface area contributed by atoms with E-state index in [1.165, 1.54) is 0 Å². The van der Waals surface area contributed by atoms with Crippen LogP contribution in [0, 0.1) is 0 Å². The standard InChI is InChI=1S/C5H5ClF2N4OS/c6-2-10-4(9)12-5(11-2)13-1-14-3(7)8/h3H,1H2,(H2,9,10,11,12). The number of nitrogens with zero attached hydrogens (tertiary/aromatic N) is 3. The topological polar surface area (TPSA) is 73.9 Å². The second kappa shape index (κ2) is 5.11. The summed E-state index contributed by atoms with van der Waals surface area (Å²) < 4.78 is 28.1. The number of hydrogen-bond acceptors (Lipinski definition) is 6. The predicted molar refractivity (Wildman–Crippen MR) is 48.3 cm³/mol. The summed E-state index contributed by atoms with van der Waals surface area (Å²) in [6.07, 6.45) is 0. The van der Waals surface area contributed by atoms with Crippen LogP contribution in [0.15, 0.2) is 0 Å². The molecule has 0 saturated carbocycles. The second-order valence-electron chi connectivity index (χ2n) is 1.93. The van der Waals surface area contributed by atoms with E-state index in [1.807, 2.05) is 0 Å². The first-order valence-corrected chi connectivity index (χ1v) is 4.70. The van der Waals surface area contributed by atoms with Gasteiger partial charge in [-0.15, -0.1) is 0 Å². The number of anilines is 1. The summed E-state index contributed by atoms with van der Waals surface area (Å²) in [6, 6.07) is -0.171. The van der Waals surface area contributed by atoms with Crippen molar-refractivity contribution in [2.75, 3.05) is 11.7 Å². The number of ether oxygens (including phenoxy) is 1. The molecule has 1 rings (SSSR count). The maximum Gasteiger partial charge on any atom is 0.323 e. The molecule has 5 nitrogen and oxygen atoms in total. The number of nitrogens with two attached hydrogens (primary N) is 1. The average Bonchev–Trinajstić information content (AvgIpc) is 2.01. The minimum Gasteiger partial charge on any atom is -0.452 e. The lowest BCUT2D eigenvalue weighted by atomic mass is 10.9. The van der Waals surface area contributed by atoms with E-state index in [0.717, 1.165) is 0 Å². The Labute approximate surface area is 87.0 Å². The number of aromatic nitrogens is 3. The van der Waals surface area contributed by atoms with Crippen molar-refractivity contribution in [2.45, 2.75) is 5.76 Å². The molecule has 2 N–H and O–H groups in total. The fraction of sp³-hybridized carbons (Fsp3) is 0.400. The van der Waals surface area contributed by atoms with Gasteiger partial charge in [0.2, 0.25) is 11.2 Å². The van der Waals surface area contributed by atoms with E-state index in [1.54, 1.807) is 0 Å². The quantitative estimate of drug-likeness (QED) is 0.805. The van der Waals surface area contributed by atoms with E-state index in [-0.39, 0.29) is 23.2 Å². The molecular formula is C5H5ClF2N4OS. The predicted octanol–water partition coefficient (Wildman–Crippen LogP) is 1.40. The molecule has 0 amide bonds. The van der Waals surface area contributed by atoms with Gasteiger partial charge in [0.1, 0.15) is 5.94 Å². The van der Waals surface area contributed by atoms with Crippen molar-refractivity contribution in [3.63, 3.8) is 0 Å². The molecule has 0 bridgehead atoms. The van der Waals surface area contributed by atoms with Crippen molar-refractivity contribution in [1.82, 2.24) is 15.0 Å². The van der Waals surface area contributed by atoms with Gasteiger partial charge in [-0.1, -0.05) is 11.8 Å². The Morgan fingerprint density at radius 2 is 2.14 bits per heavy atom. The van der Waals surface area contributed by atoms with E-state index in [2.05, 4.69) is 15.0 Å². The maximum atomic E-state index is 11.7. The van der Waals surface area contributed by atoms with E-state index in [0.29, 0.717) is 11.8 Å². The third-order valence-electron chi connectivity index (χ3n) is 0.987. The van der Waals surface area contributed by atoms with Crippen molar-refractivity contribution in [1.29, 1.82) is 0 Å². The third kappa shape index (κ3) is 3.88. The van der Waals surface area contributed by atoms with Crippen LogP contribution in [0.3, 0.4) is 0 Å². The molecule has 0 unspecified atom stereocenters. The van der Waals surface area contributed by atoms with E-state index >= 15 is 0 Å². The van der Waals surface area contributed by atoms with Crippen LogP contribution >= 0.6 is 23.4 Å². The van der Waals surface area contributed by atoms with Crippen molar-refractivity contribution >= 4 is 29.3 Å². The Morgan fingerprint density at radius 1 is 1.43 bits per heavy atom. The fourth-order valence-electron chi connectivity index (χ4n) is 0.549. The zero-order chi connectivity index (χ0) is 10.6. The minimum absolute atomic E-state index is 0.123. The van der Waals surface area contributed by atoms with Gasteiger partial charge in [-0.05, 0) is 11.6 Å². The first-order chi connectivity index (χ1) is 6.58. The van der Waals surface area contributed by atoms with Crippen molar-refractivity contribution in [2.24, 2.45) is 0 Å². The normalized spacial score (nSPS) is 10.6. The van der Waals surface area contributed by atoms with Crippen LogP contribution in [0.4, 0.5) is 14.7 Å². The molecule has 0 atom stereocenters. The van der Waals surface area contributed by atoms with Crippen molar-refractivity contribution in [3.05, 3.63) is 5.28 Å². The lowest BCUT2D eigenvalue weighted by molar-refractivity contribution is 0.247. The lowest BCUT2D eigenvalue weighted by Crippen LogP contribution is -2.04. The lowest BCUT2D eigenvalue weighted by Gasteiger charge is -2.03. The Hall–Kier alpha value is -0.890. The minimum atomic E-state index is -2.51. The molecule has 78 valence electrons. The highest BCUT2D eigenvalue weighted by atomic mass is 35.5. The highest BCUT2D eigenvalue weighted by molar-refractivity contribution is 7.99. The molecule has 1 heterocycles. The molecule has 0 aliphatic rings. The van der Waals surface area contributed by atoms with Crippen LogP contribution < -0.4 is 10.5 Å². The Morgan fingerprint density at radius 3 is 2.71 bits per heavy atom. The summed E-state index contributed by atoms with van der Waals surface area (Å²) in [4.78, 5) is 10.5. The van der Waals surface area contributed by atoms with Gasteiger partial charge in [0.05, 0.1) is 0 Å². The third-order valence-corrected chi connectivity index (χ3v) is 1.66. The number of rotatable bonds is 4. The average molecular weight is 243 g/mol. The van der Waals surface area contributed by atoms with Crippen LogP contribution in [-0.2, 0) is 0 Å². The number of alkyl halides is 2. The first-order valence-electron chi connectivity index (χ1n) is 3.27. The first kappa shape index (κ1) is 11.2. The smallest absolute Gasteiger partial charge is 0.323 e. The zero-order valence-electron chi connectivity index (χ0n) is 6.65. The SMILES string of the molecule is Nc1nc(Cl)nc(OCSC(F)F)n1. The molecule has 14 heavy (non-hydrogen) atoms. The monoisotopic (exact) mass is 242 g/mol. The van der Waals surface area contributed by atoms with Gasteiger partial charge in [0, 0.05) is 0 Å². The molecule has 0 radical (unpaired) electrons. The van der Waals surface area contributed by atoms with E-state index in [9.17, 15) is 8.78 Å². The molecule has 1 aromatic heterocycles. The van der Waals surface area contributed by atoms with Gasteiger partial charge in [0.25, 0.3) is 5.76 Å². The highest BCUT2D eigenvalue weighted by Crippen LogP contribution is 2.15. The van der Waals surface area contributed by atoms with Gasteiger partial charge >= 0.3 is 6.01 Å². The van der Waals surface area contributed by atoms with Crippen molar-refractivity contribution < 1.29 is 13.5 Å². The summed E-state index contributed by atoms with van der Waals surface area (Å²) in [7, 11) is 0. The van der Waals surface area contributed by atoms with E-state index in [4.69, 9.17) is 22.1 Å². The Balaban J connectivity index is 2.50. The number of halogens is 3. The highest BCUT2D eigenvalue weighted by Gasteiger charge is 2.06. The largest absolute Gasteiger partial charge is 0.452 e. The molecule has 1 aromatic rings. The van der Waals surface area contributed by atoms with Gasteiger partial charge in [-0.25, -0.2) is 0 Å². The summed E-state index contributed by atoms with van der Waals surface area (Å²) in [5.74, 6) is -2.91. The summed E-state index contributed by atoms with van der Waals surface area (Å²) in [5, 5.41) is -0.144. The second-order valence-corrected chi connectivity index (χ2v) is 3.20. The summed E-state index contributed by atoms with van der Waals surface area (Å²) >= 11 is 5.71. The summed E-state index contributed by atoms with van der Waals surface area (Å²) in [5.41, 5.74) is 5.21. The van der Waals surface area contributed by atoms with Crippen LogP contribution in [0.2, 0.25) is 5.28 Å². The van der Waals surface area contributed by atoms with E-state index < -0.39 is 5.76 Å². The van der Waals surface area contributed by atoms with Crippen LogP contribution in [0.5, 0.6) is 6.01 Å². The van der Waals surface area contributed by atoms with Crippen molar-refractivity contribution in [3.8, 4) is 6.01 Å². The van der Waals surface area contributed by atoms with Gasteiger partial charge < -0.3 is 10.5 Å². The molecule has 0 aliphatic heterocycles. The molecule has 0 saturated heterocycles. The molecule has 0 aromatic carbocycles. The van der Waals surface area contributed by atoms with Crippen LogP contribution in [0.25, 0.3) is 0 Å². The number of thioether (sulfide) groups is 1. The molecular weight excluding hydrogens is 238 g/mol. The summed E-state index contributed by atoms with van der Waals surface area (Å²) in [6.45, 7) is 0. The van der Waals surface area contributed by atoms with Gasteiger partial charge in [0.15, 0.2) is 0 Å².